The number of nitriles is 1. The summed E-state index contributed by atoms with van der Waals surface area (Å²) in [7, 11) is -1.37. The van der Waals surface area contributed by atoms with Gasteiger partial charge in [0.05, 0.1) is 50.3 Å². The van der Waals surface area contributed by atoms with Gasteiger partial charge in [-0.1, -0.05) is 54.6 Å². The highest BCUT2D eigenvalue weighted by Crippen LogP contribution is 2.37. The van der Waals surface area contributed by atoms with Gasteiger partial charge in [0.1, 0.15) is 25.0 Å². The number of carbonyl (C=O) groups is 1. The Morgan fingerprint density at radius 3 is 2.37 bits per heavy atom. The number of aromatic nitrogens is 2. The molecule has 2 N–H and O–H groups in total. The Morgan fingerprint density at radius 2 is 1.76 bits per heavy atom. The van der Waals surface area contributed by atoms with E-state index in [0.29, 0.717) is 42.8 Å². The van der Waals surface area contributed by atoms with Gasteiger partial charge in [0, 0.05) is 18.7 Å². The van der Waals surface area contributed by atoms with Crippen LogP contribution in [0, 0.1) is 11.3 Å². The van der Waals surface area contributed by atoms with E-state index in [1.807, 2.05) is 81.4 Å². The molecule has 1 fully saturated rings. The quantitative estimate of drug-likeness (QED) is 0.239. The van der Waals surface area contributed by atoms with E-state index in [0.717, 1.165) is 22.3 Å². The van der Waals surface area contributed by atoms with Crippen LogP contribution in [-0.2, 0) is 27.9 Å². The summed E-state index contributed by atoms with van der Waals surface area (Å²) in [5.74, 6) is 0.506. The first-order chi connectivity index (χ1) is 21.8. The van der Waals surface area contributed by atoms with Gasteiger partial charge < -0.3 is 19.5 Å². The smallest absolute Gasteiger partial charge is 0.410 e. The molecule has 0 saturated carbocycles. The van der Waals surface area contributed by atoms with Gasteiger partial charge in [-0.2, -0.15) is 10.4 Å². The molecule has 0 spiro atoms. The Balaban J connectivity index is 1.42. The maximum atomic E-state index is 13.5. The number of likely N-dealkylation sites (tertiary alicyclic amines) is 1. The predicted octanol–water partition coefficient (Wildman–Crippen LogP) is 5.70. The Hall–Kier alpha value is -4.24. The third-order valence-corrected chi connectivity index (χ3v) is 9.66. The van der Waals surface area contributed by atoms with Crippen LogP contribution in [0.2, 0.25) is 0 Å². The topological polar surface area (TPSA) is 129 Å². The zero-order valence-corrected chi connectivity index (χ0v) is 27.8. The van der Waals surface area contributed by atoms with Gasteiger partial charge in [0.2, 0.25) is 0 Å². The summed E-state index contributed by atoms with van der Waals surface area (Å²) in [6, 6.07) is 21.6. The van der Waals surface area contributed by atoms with E-state index in [1.54, 1.807) is 29.5 Å². The van der Waals surface area contributed by atoms with Crippen molar-refractivity contribution in [3.63, 3.8) is 0 Å². The lowest BCUT2D eigenvalue weighted by Crippen LogP contribution is -2.55. The Labute approximate surface area is 272 Å². The monoisotopic (exact) mass is 643 g/mol. The van der Waals surface area contributed by atoms with E-state index < -0.39 is 26.9 Å². The standard InChI is InChI=1S/C35H41N5O5S/c1-33(2,3)46(43)38-35(15-17-39(18-16-35)32(41)44-23-25-9-7-6-8-10-25)28-13-11-26(12-14-28)30-19-29(45-24-34(4,5)42)22-40-31(30)27(20-36)21-37-40/h6-14,19,21-22,38,42H,15-18,23-24H2,1-5H3. The summed E-state index contributed by atoms with van der Waals surface area (Å²) < 4.78 is 29.5. The zero-order valence-electron chi connectivity index (χ0n) is 26.9. The molecule has 1 unspecified atom stereocenters. The molecule has 5 rings (SSSR count). The summed E-state index contributed by atoms with van der Waals surface area (Å²) in [6.45, 7) is 10.3. The second-order valence-electron chi connectivity index (χ2n) is 13.3. The summed E-state index contributed by atoms with van der Waals surface area (Å²) in [4.78, 5) is 14.6. The van der Waals surface area contributed by atoms with E-state index in [1.165, 1.54) is 6.20 Å². The molecule has 242 valence electrons. The molecule has 46 heavy (non-hydrogen) atoms. The van der Waals surface area contributed by atoms with Crippen LogP contribution in [0.4, 0.5) is 4.79 Å². The molecular formula is C35H41N5O5S. The number of aliphatic hydroxyl groups is 1. The first-order valence-corrected chi connectivity index (χ1v) is 16.5. The highest BCUT2D eigenvalue weighted by Gasteiger charge is 2.41. The van der Waals surface area contributed by atoms with Crippen LogP contribution < -0.4 is 9.46 Å². The van der Waals surface area contributed by atoms with Gasteiger partial charge in [-0.3, -0.25) is 0 Å². The lowest BCUT2D eigenvalue weighted by molar-refractivity contribution is 0.0283. The summed E-state index contributed by atoms with van der Waals surface area (Å²) in [5, 5.41) is 24.3. The van der Waals surface area contributed by atoms with Crippen molar-refractivity contribution < 1.29 is 23.6 Å². The van der Waals surface area contributed by atoms with E-state index in [4.69, 9.17) is 9.47 Å². The van der Waals surface area contributed by atoms with Crippen LogP contribution >= 0.6 is 0 Å². The molecule has 4 aromatic rings. The third kappa shape index (κ3) is 7.58. The molecule has 11 heteroatoms. The van der Waals surface area contributed by atoms with Crippen molar-refractivity contribution in [1.29, 1.82) is 5.26 Å². The number of pyridine rings is 1. The summed E-state index contributed by atoms with van der Waals surface area (Å²) >= 11 is 0. The first-order valence-electron chi connectivity index (χ1n) is 15.3. The molecule has 1 saturated heterocycles. The molecule has 3 heterocycles. The second-order valence-corrected chi connectivity index (χ2v) is 15.3. The van der Waals surface area contributed by atoms with E-state index in [-0.39, 0.29) is 19.3 Å². The van der Waals surface area contributed by atoms with Gasteiger partial charge in [-0.15, -0.1) is 0 Å². The van der Waals surface area contributed by atoms with E-state index in [2.05, 4.69) is 15.9 Å². The molecule has 2 aromatic carbocycles. The molecule has 2 aromatic heterocycles. The number of rotatable bonds is 9. The van der Waals surface area contributed by atoms with Crippen LogP contribution in [0.25, 0.3) is 16.6 Å². The van der Waals surface area contributed by atoms with Gasteiger partial charge in [-0.25, -0.2) is 18.2 Å². The van der Waals surface area contributed by atoms with Gasteiger partial charge in [-0.05, 0) is 70.2 Å². The van der Waals surface area contributed by atoms with Crippen LogP contribution in [0.1, 0.15) is 64.2 Å². The Kier molecular flexibility index (Phi) is 9.54. The average molecular weight is 644 g/mol. The highest BCUT2D eigenvalue weighted by molar-refractivity contribution is 7.84. The zero-order chi connectivity index (χ0) is 33.1. The summed E-state index contributed by atoms with van der Waals surface area (Å²) in [5.41, 5.74) is 2.88. The molecule has 1 atom stereocenters. The van der Waals surface area contributed by atoms with E-state index in [9.17, 15) is 19.4 Å². The van der Waals surface area contributed by atoms with Crippen LogP contribution in [0.5, 0.6) is 5.75 Å². The number of nitrogens with one attached hydrogen (secondary N) is 1. The number of hydrogen-bond acceptors (Lipinski definition) is 7. The lowest BCUT2D eigenvalue weighted by Gasteiger charge is -2.43. The van der Waals surface area contributed by atoms with Crippen molar-refractivity contribution in [2.24, 2.45) is 0 Å². The number of benzene rings is 2. The molecule has 0 bridgehead atoms. The fraction of sp³-hybridized carbons (Fsp3) is 0.400. The van der Waals surface area contributed by atoms with Crippen molar-refractivity contribution in [3.05, 3.63) is 89.7 Å². The second kappa shape index (κ2) is 13.2. The number of piperidine rings is 1. The number of nitrogens with zero attached hydrogens (tertiary/aromatic N) is 4. The lowest BCUT2D eigenvalue weighted by atomic mass is 9.81. The Bertz CT molecular complexity index is 1740. The fourth-order valence-corrected chi connectivity index (χ4v) is 6.35. The Morgan fingerprint density at radius 1 is 1.09 bits per heavy atom. The third-order valence-electron chi connectivity index (χ3n) is 7.97. The van der Waals surface area contributed by atoms with Crippen molar-refractivity contribution in [2.45, 2.75) is 70.0 Å². The van der Waals surface area contributed by atoms with E-state index >= 15 is 0 Å². The predicted molar refractivity (Wildman–Crippen MR) is 177 cm³/mol. The van der Waals surface area contributed by atoms with Crippen molar-refractivity contribution in [2.75, 3.05) is 19.7 Å². The molecule has 1 aliphatic heterocycles. The number of ether oxygens (including phenoxy) is 2. The molecule has 0 aliphatic carbocycles. The minimum Gasteiger partial charge on any atom is -0.489 e. The molecule has 1 amide bonds. The van der Waals surface area contributed by atoms with Gasteiger partial charge in [0.25, 0.3) is 0 Å². The van der Waals surface area contributed by atoms with Gasteiger partial charge >= 0.3 is 6.09 Å². The summed E-state index contributed by atoms with van der Waals surface area (Å²) in [6.07, 6.45) is 3.93. The maximum Gasteiger partial charge on any atom is 0.410 e. The van der Waals surface area contributed by atoms with Crippen LogP contribution in [0.15, 0.2) is 73.1 Å². The number of amides is 1. The maximum absolute atomic E-state index is 13.5. The normalized spacial score (nSPS) is 15.7. The largest absolute Gasteiger partial charge is 0.489 e. The number of hydrogen-bond donors (Lipinski definition) is 2. The minimum atomic E-state index is -1.37. The highest BCUT2D eigenvalue weighted by atomic mass is 32.2. The molecule has 0 radical (unpaired) electrons. The van der Waals surface area contributed by atoms with Crippen molar-refractivity contribution >= 4 is 22.6 Å². The number of fused-ring (bicyclic) bond motifs is 1. The molecular weight excluding hydrogens is 602 g/mol. The van der Waals surface area contributed by atoms with Gasteiger partial charge in [0.15, 0.2) is 0 Å². The SMILES string of the molecule is CC(C)(O)COc1cc(-c2ccc(C3(NS(=O)C(C)(C)C)CCN(C(=O)OCc4ccccc4)CC3)cc2)c2c(C#N)cnn2c1. The van der Waals surface area contributed by atoms with Crippen LogP contribution in [-0.4, -0.2) is 60.0 Å². The van der Waals surface area contributed by atoms with Crippen LogP contribution in [0.3, 0.4) is 0 Å². The molecule has 10 nitrogen and oxygen atoms in total. The minimum absolute atomic E-state index is 0.0825. The first kappa shape index (κ1) is 33.1. The molecule has 1 aliphatic rings. The van der Waals surface area contributed by atoms with Crippen molar-refractivity contribution in [1.82, 2.24) is 19.2 Å². The fourth-order valence-electron chi connectivity index (χ4n) is 5.37. The van der Waals surface area contributed by atoms with Crippen molar-refractivity contribution in [3.8, 4) is 22.9 Å². The average Bonchev–Trinajstić information content (AvgIpc) is 3.45. The number of carbonyl (C=O) groups excluding carboxylic acids is 1.